The molecule has 4 aromatic heterocycles. The van der Waals surface area contributed by atoms with E-state index in [2.05, 4.69) is 48.2 Å². The zero-order valence-corrected chi connectivity index (χ0v) is 17.5. The molecule has 5 rings (SSSR count). The Morgan fingerprint density at radius 2 is 1.73 bits per heavy atom. The van der Waals surface area contributed by atoms with Crippen LogP contribution in [0.4, 0.5) is 0 Å². The van der Waals surface area contributed by atoms with E-state index in [1.165, 1.54) is 5.56 Å². The van der Waals surface area contributed by atoms with Crippen molar-refractivity contribution in [3.8, 4) is 28.1 Å². The third-order valence-electron chi connectivity index (χ3n) is 5.48. The standard InChI is InChI=1S/C24H22N6/c1-15-8-10-25-14-21(15)20-13-17(3)27-23-22(28-29(4)24(20)23)19-7-6-18(12-16(19)2)30-11-5-9-26-30/h5-14H,1-4H3. The molecule has 0 atom stereocenters. The fourth-order valence-electron chi connectivity index (χ4n) is 4.02. The van der Waals surface area contributed by atoms with Crippen LogP contribution >= 0.6 is 0 Å². The normalized spacial score (nSPS) is 11.3. The van der Waals surface area contributed by atoms with Gasteiger partial charge in [0.15, 0.2) is 0 Å². The number of benzene rings is 1. The van der Waals surface area contributed by atoms with Crippen LogP contribution in [0.1, 0.15) is 16.8 Å². The minimum absolute atomic E-state index is 0.892. The highest BCUT2D eigenvalue weighted by Crippen LogP contribution is 2.36. The Hall–Kier alpha value is -3.80. The first-order valence-corrected chi connectivity index (χ1v) is 9.89. The summed E-state index contributed by atoms with van der Waals surface area (Å²) < 4.78 is 3.79. The van der Waals surface area contributed by atoms with E-state index in [1.807, 2.05) is 54.1 Å². The molecule has 0 aliphatic carbocycles. The van der Waals surface area contributed by atoms with E-state index in [-0.39, 0.29) is 0 Å². The third-order valence-corrected chi connectivity index (χ3v) is 5.48. The predicted molar refractivity (Wildman–Crippen MR) is 119 cm³/mol. The molecule has 0 bridgehead atoms. The van der Waals surface area contributed by atoms with E-state index in [4.69, 9.17) is 10.1 Å². The summed E-state index contributed by atoms with van der Waals surface area (Å²) in [4.78, 5) is 9.22. The number of hydrogen-bond donors (Lipinski definition) is 0. The van der Waals surface area contributed by atoms with E-state index >= 15 is 0 Å². The molecule has 0 N–H and O–H groups in total. The topological polar surface area (TPSA) is 61.4 Å². The second-order valence-electron chi connectivity index (χ2n) is 7.62. The largest absolute Gasteiger partial charge is 0.265 e. The summed E-state index contributed by atoms with van der Waals surface area (Å²) in [6, 6.07) is 12.4. The van der Waals surface area contributed by atoms with Gasteiger partial charge < -0.3 is 0 Å². The van der Waals surface area contributed by atoms with Gasteiger partial charge >= 0.3 is 0 Å². The molecule has 4 heterocycles. The van der Waals surface area contributed by atoms with Crippen molar-refractivity contribution in [3.63, 3.8) is 0 Å². The second-order valence-corrected chi connectivity index (χ2v) is 7.62. The zero-order valence-electron chi connectivity index (χ0n) is 17.5. The van der Waals surface area contributed by atoms with Gasteiger partial charge in [-0.05, 0) is 62.2 Å². The van der Waals surface area contributed by atoms with Gasteiger partial charge in [-0.3, -0.25) is 9.67 Å². The van der Waals surface area contributed by atoms with Crippen molar-refractivity contribution < 1.29 is 0 Å². The maximum Gasteiger partial charge on any atom is 0.119 e. The highest BCUT2D eigenvalue weighted by atomic mass is 15.3. The van der Waals surface area contributed by atoms with Gasteiger partial charge in [-0.2, -0.15) is 10.2 Å². The Bertz CT molecular complexity index is 1380. The first-order valence-electron chi connectivity index (χ1n) is 9.89. The summed E-state index contributed by atoms with van der Waals surface area (Å²) >= 11 is 0. The minimum atomic E-state index is 0.892. The average Bonchev–Trinajstić information content (AvgIpc) is 3.36. The number of nitrogens with zero attached hydrogens (tertiary/aromatic N) is 6. The molecule has 0 radical (unpaired) electrons. The number of fused-ring (bicyclic) bond motifs is 1. The van der Waals surface area contributed by atoms with Gasteiger partial charge in [0.05, 0.1) is 11.2 Å². The zero-order chi connectivity index (χ0) is 20.8. The van der Waals surface area contributed by atoms with Gasteiger partial charge in [-0.25, -0.2) is 9.67 Å². The van der Waals surface area contributed by atoms with Gasteiger partial charge in [-0.1, -0.05) is 6.07 Å². The lowest BCUT2D eigenvalue weighted by molar-refractivity contribution is 0.800. The Morgan fingerprint density at radius 3 is 2.47 bits per heavy atom. The van der Waals surface area contributed by atoms with Gasteiger partial charge in [-0.15, -0.1) is 0 Å². The Kier molecular flexibility index (Phi) is 4.20. The van der Waals surface area contributed by atoms with Gasteiger partial charge in [0, 0.05) is 54.2 Å². The molecule has 6 heteroatoms. The van der Waals surface area contributed by atoms with Crippen molar-refractivity contribution in [2.45, 2.75) is 20.8 Å². The van der Waals surface area contributed by atoms with Crippen molar-refractivity contribution in [1.82, 2.24) is 29.5 Å². The summed E-state index contributed by atoms with van der Waals surface area (Å²) in [5.41, 5.74) is 10.4. The van der Waals surface area contributed by atoms with E-state index in [0.29, 0.717) is 0 Å². The van der Waals surface area contributed by atoms with E-state index in [0.717, 1.165) is 50.4 Å². The van der Waals surface area contributed by atoms with E-state index < -0.39 is 0 Å². The maximum atomic E-state index is 4.88. The van der Waals surface area contributed by atoms with E-state index in [1.54, 1.807) is 6.20 Å². The van der Waals surface area contributed by atoms with Crippen molar-refractivity contribution in [2.75, 3.05) is 0 Å². The smallest absolute Gasteiger partial charge is 0.119 e. The molecule has 0 aliphatic heterocycles. The molecule has 0 amide bonds. The summed E-state index contributed by atoms with van der Waals surface area (Å²) in [6.45, 7) is 6.23. The molecule has 5 aromatic rings. The quantitative estimate of drug-likeness (QED) is 0.441. The fraction of sp³-hybridized carbons (Fsp3) is 0.167. The molecular weight excluding hydrogens is 372 g/mol. The third kappa shape index (κ3) is 2.88. The van der Waals surface area contributed by atoms with Crippen molar-refractivity contribution in [1.29, 1.82) is 0 Å². The number of hydrogen-bond acceptors (Lipinski definition) is 4. The first kappa shape index (κ1) is 18.2. The second kappa shape index (κ2) is 6.91. The van der Waals surface area contributed by atoms with Crippen LogP contribution in [0.25, 0.3) is 39.1 Å². The van der Waals surface area contributed by atoms with Crippen LogP contribution in [0.3, 0.4) is 0 Å². The minimum Gasteiger partial charge on any atom is -0.265 e. The van der Waals surface area contributed by atoms with Gasteiger partial charge in [0.1, 0.15) is 11.2 Å². The van der Waals surface area contributed by atoms with Crippen LogP contribution < -0.4 is 0 Å². The number of aromatic nitrogens is 6. The first-order chi connectivity index (χ1) is 14.5. The Morgan fingerprint density at radius 1 is 0.867 bits per heavy atom. The van der Waals surface area contributed by atoms with Crippen molar-refractivity contribution in [3.05, 3.63) is 78.0 Å². The fourth-order valence-corrected chi connectivity index (χ4v) is 4.02. The van der Waals surface area contributed by atoms with Crippen molar-refractivity contribution >= 4 is 11.0 Å². The monoisotopic (exact) mass is 394 g/mol. The molecule has 6 nitrogen and oxygen atoms in total. The molecule has 0 fully saturated rings. The number of rotatable bonds is 3. The molecule has 0 saturated carbocycles. The number of pyridine rings is 2. The van der Waals surface area contributed by atoms with Crippen molar-refractivity contribution in [2.24, 2.45) is 7.05 Å². The average molecular weight is 394 g/mol. The van der Waals surface area contributed by atoms with Crippen LogP contribution in [0.2, 0.25) is 0 Å². The van der Waals surface area contributed by atoms with Crippen LogP contribution in [-0.4, -0.2) is 29.5 Å². The molecule has 1 aromatic carbocycles. The molecule has 0 unspecified atom stereocenters. The lowest BCUT2D eigenvalue weighted by Crippen LogP contribution is -1.96. The summed E-state index contributed by atoms with van der Waals surface area (Å²) in [5, 5.41) is 9.21. The molecule has 0 saturated heterocycles. The lowest BCUT2D eigenvalue weighted by atomic mass is 9.99. The number of aryl methyl sites for hydroxylation is 4. The van der Waals surface area contributed by atoms with Crippen LogP contribution in [-0.2, 0) is 7.05 Å². The molecule has 148 valence electrons. The summed E-state index contributed by atoms with van der Waals surface area (Å²) in [6.07, 6.45) is 7.46. The van der Waals surface area contributed by atoms with Crippen LogP contribution in [0.15, 0.2) is 61.2 Å². The van der Waals surface area contributed by atoms with E-state index in [9.17, 15) is 0 Å². The predicted octanol–water partition coefficient (Wildman–Crippen LogP) is 4.81. The highest BCUT2D eigenvalue weighted by molar-refractivity contribution is 6.00. The van der Waals surface area contributed by atoms with Gasteiger partial charge in [0.2, 0.25) is 0 Å². The SMILES string of the molecule is Cc1cc(-c2cnccc2C)c2c(n1)c(-c1ccc(-n3cccn3)cc1C)nn2C. The summed E-state index contributed by atoms with van der Waals surface area (Å²) in [7, 11) is 1.98. The Balaban J connectivity index is 1.73. The molecule has 30 heavy (non-hydrogen) atoms. The highest BCUT2D eigenvalue weighted by Gasteiger charge is 2.19. The van der Waals surface area contributed by atoms with Gasteiger partial charge in [0.25, 0.3) is 0 Å². The molecule has 0 aliphatic rings. The van der Waals surface area contributed by atoms with Crippen LogP contribution in [0, 0.1) is 20.8 Å². The lowest BCUT2D eigenvalue weighted by Gasteiger charge is -2.10. The maximum absolute atomic E-state index is 4.88. The molecular formula is C24H22N6. The molecule has 0 spiro atoms. The summed E-state index contributed by atoms with van der Waals surface area (Å²) in [5.74, 6) is 0. The van der Waals surface area contributed by atoms with Crippen LogP contribution in [0.5, 0.6) is 0 Å². The Labute approximate surface area is 174 Å².